The number of halogens is 3. The summed E-state index contributed by atoms with van der Waals surface area (Å²) in [5.41, 5.74) is 5.73. The smallest absolute Gasteiger partial charge is 0.438 e. The van der Waals surface area contributed by atoms with Crippen LogP contribution in [0, 0.1) is 0 Å². The van der Waals surface area contributed by atoms with Crippen LogP contribution < -0.4 is 15.0 Å². The van der Waals surface area contributed by atoms with Crippen LogP contribution in [0.5, 0.6) is 11.5 Å². The van der Waals surface area contributed by atoms with Crippen molar-refractivity contribution in [1.82, 2.24) is 20.2 Å². The van der Waals surface area contributed by atoms with E-state index in [0.29, 0.717) is 29.2 Å². The Kier molecular flexibility index (Phi) is 5.55. The molecular formula is C21H19F3N4O3. The van der Waals surface area contributed by atoms with E-state index in [1.54, 1.807) is 35.3 Å². The van der Waals surface area contributed by atoms with Gasteiger partial charge in [-0.1, -0.05) is 13.0 Å². The summed E-state index contributed by atoms with van der Waals surface area (Å²) in [6.07, 6.45) is 2.12. The lowest BCUT2D eigenvalue weighted by atomic mass is 10.00. The maximum Gasteiger partial charge on any atom is 0.573 e. The molecule has 1 atom stereocenters. The Hall–Kier alpha value is -3.53. The maximum atomic E-state index is 12.5. The van der Waals surface area contributed by atoms with Crippen LogP contribution in [0.4, 0.5) is 13.2 Å². The summed E-state index contributed by atoms with van der Waals surface area (Å²) >= 11 is 0. The number of alkyl halides is 3. The van der Waals surface area contributed by atoms with E-state index in [-0.39, 0.29) is 5.75 Å². The predicted octanol–water partition coefficient (Wildman–Crippen LogP) is 4.44. The van der Waals surface area contributed by atoms with Crippen molar-refractivity contribution in [2.24, 2.45) is 7.05 Å². The van der Waals surface area contributed by atoms with Gasteiger partial charge in [-0.15, -0.1) is 13.2 Å². The fourth-order valence-electron chi connectivity index (χ4n) is 3.19. The van der Waals surface area contributed by atoms with Crippen molar-refractivity contribution in [3.05, 3.63) is 72.0 Å². The van der Waals surface area contributed by atoms with Gasteiger partial charge in [0.15, 0.2) is 0 Å². The molecule has 31 heavy (non-hydrogen) atoms. The summed E-state index contributed by atoms with van der Waals surface area (Å²) in [6, 6.07) is 7.76. The van der Waals surface area contributed by atoms with E-state index in [2.05, 4.69) is 20.3 Å². The van der Waals surface area contributed by atoms with Crippen molar-refractivity contribution >= 4 is 0 Å². The highest BCUT2D eigenvalue weighted by atomic mass is 19.4. The highest BCUT2D eigenvalue weighted by molar-refractivity contribution is 5.57. The maximum absolute atomic E-state index is 12.5. The van der Waals surface area contributed by atoms with Crippen molar-refractivity contribution < 1.29 is 27.5 Å². The van der Waals surface area contributed by atoms with Crippen LogP contribution in [0.25, 0.3) is 11.3 Å². The van der Waals surface area contributed by atoms with Crippen molar-refractivity contribution in [3.63, 3.8) is 0 Å². The molecule has 0 spiro atoms. The van der Waals surface area contributed by atoms with E-state index >= 15 is 0 Å². The van der Waals surface area contributed by atoms with Crippen LogP contribution in [-0.4, -0.2) is 21.1 Å². The van der Waals surface area contributed by atoms with Crippen molar-refractivity contribution in [3.8, 4) is 22.8 Å². The molecule has 2 aromatic heterocycles. The SMILES string of the molecule is CCc1cc(OC(F)(F)F)ccc1C1C=C(Oc2ccc(-c3cnn(C)c3)nc2)NO1. The van der Waals surface area contributed by atoms with Crippen LogP contribution in [0.15, 0.2) is 60.9 Å². The number of pyridine rings is 1. The fourth-order valence-corrected chi connectivity index (χ4v) is 3.19. The van der Waals surface area contributed by atoms with Gasteiger partial charge in [0, 0.05) is 24.9 Å². The summed E-state index contributed by atoms with van der Waals surface area (Å²) in [4.78, 5) is 9.91. The molecular weight excluding hydrogens is 413 g/mol. The molecule has 0 fully saturated rings. The number of nitrogens with one attached hydrogen (secondary N) is 1. The van der Waals surface area contributed by atoms with Gasteiger partial charge in [-0.05, 0) is 41.8 Å². The molecule has 1 aliphatic heterocycles. The molecule has 1 N–H and O–H groups in total. The zero-order valence-electron chi connectivity index (χ0n) is 16.7. The van der Waals surface area contributed by atoms with E-state index in [4.69, 9.17) is 9.57 Å². The molecule has 3 aromatic rings. The van der Waals surface area contributed by atoms with Crippen LogP contribution in [-0.2, 0) is 18.3 Å². The largest absolute Gasteiger partial charge is 0.573 e. The van der Waals surface area contributed by atoms with Gasteiger partial charge < -0.3 is 9.47 Å². The number of rotatable bonds is 6. The average molecular weight is 432 g/mol. The molecule has 0 radical (unpaired) electrons. The Morgan fingerprint density at radius 3 is 2.61 bits per heavy atom. The first-order valence-electron chi connectivity index (χ1n) is 9.45. The summed E-state index contributed by atoms with van der Waals surface area (Å²) < 4.78 is 48.8. The third-order valence-corrected chi connectivity index (χ3v) is 4.59. The third-order valence-electron chi connectivity index (χ3n) is 4.59. The molecule has 0 saturated carbocycles. The number of hydroxylamine groups is 1. The molecule has 3 heterocycles. The second-order valence-electron chi connectivity index (χ2n) is 6.82. The first-order chi connectivity index (χ1) is 14.8. The quantitative estimate of drug-likeness (QED) is 0.621. The highest BCUT2D eigenvalue weighted by Gasteiger charge is 2.31. The zero-order chi connectivity index (χ0) is 22.0. The van der Waals surface area contributed by atoms with Gasteiger partial charge in [-0.3, -0.25) is 14.5 Å². The number of benzene rings is 1. The fraction of sp³-hybridized carbons (Fsp3) is 0.238. The lowest BCUT2D eigenvalue weighted by Crippen LogP contribution is -2.17. The van der Waals surface area contributed by atoms with Gasteiger partial charge in [-0.2, -0.15) is 5.10 Å². The summed E-state index contributed by atoms with van der Waals surface area (Å²) in [6.45, 7) is 1.84. The predicted molar refractivity (Wildman–Crippen MR) is 105 cm³/mol. The van der Waals surface area contributed by atoms with Gasteiger partial charge in [0.05, 0.1) is 18.1 Å². The van der Waals surface area contributed by atoms with Gasteiger partial charge in [-0.25, -0.2) is 5.48 Å². The molecule has 4 rings (SSSR count). The van der Waals surface area contributed by atoms with Gasteiger partial charge in [0.25, 0.3) is 0 Å². The molecule has 0 aliphatic carbocycles. The molecule has 162 valence electrons. The average Bonchev–Trinajstić information content (AvgIpc) is 3.36. The molecule has 1 aliphatic rings. The minimum absolute atomic E-state index is 0.265. The lowest BCUT2D eigenvalue weighted by molar-refractivity contribution is -0.274. The van der Waals surface area contributed by atoms with Gasteiger partial charge in [0.2, 0.25) is 5.88 Å². The first-order valence-corrected chi connectivity index (χ1v) is 9.45. The number of ether oxygens (including phenoxy) is 2. The van der Waals surface area contributed by atoms with Crippen molar-refractivity contribution in [2.45, 2.75) is 25.8 Å². The molecule has 0 bridgehead atoms. The van der Waals surface area contributed by atoms with E-state index in [9.17, 15) is 13.2 Å². The highest BCUT2D eigenvalue weighted by Crippen LogP contribution is 2.32. The standard InChI is InChI=1S/C21H19F3N4O3/c1-3-13-8-15(30-21(22,23)24)4-6-17(13)19-9-20(27-31-19)29-16-5-7-18(25-11-16)14-10-26-28(2)12-14/h4-12,19,27H,3H2,1-2H3. The Bertz CT molecular complexity index is 1090. The molecule has 10 heteroatoms. The monoisotopic (exact) mass is 432 g/mol. The Morgan fingerprint density at radius 2 is 1.97 bits per heavy atom. The Balaban J connectivity index is 1.46. The third kappa shape index (κ3) is 4.97. The van der Waals surface area contributed by atoms with E-state index < -0.39 is 12.5 Å². The van der Waals surface area contributed by atoms with Gasteiger partial charge in [0.1, 0.15) is 17.6 Å². The molecule has 1 aromatic carbocycles. The zero-order valence-corrected chi connectivity index (χ0v) is 16.7. The molecule has 7 nitrogen and oxygen atoms in total. The normalized spacial score (nSPS) is 16.0. The molecule has 0 saturated heterocycles. The van der Waals surface area contributed by atoms with Crippen LogP contribution in [0.3, 0.4) is 0 Å². The van der Waals surface area contributed by atoms with Crippen LogP contribution in [0.2, 0.25) is 0 Å². The second-order valence-corrected chi connectivity index (χ2v) is 6.82. The van der Waals surface area contributed by atoms with Crippen molar-refractivity contribution in [1.29, 1.82) is 0 Å². The van der Waals surface area contributed by atoms with Crippen LogP contribution in [0.1, 0.15) is 24.2 Å². The second kappa shape index (κ2) is 8.31. The Labute approximate surface area is 176 Å². The molecule has 1 unspecified atom stereocenters. The minimum Gasteiger partial charge on any atom is -0.438 e. The summed E-state index contributed by atoms with van der Waals surface area (Å²) in [5, 5.41) is 4.12. The number of hydrogen-bond donors (Lipinski definition) is 1. The summed E-state index contributed by atoms with van der Waals surface area (Å²) in [7, 11) is 1.83. The topological polar surface area (TPSA) is 70.4 Å². The first kappa shape index (κ1) is 20.7. The number of aryl methyl sites for hydroxylation is 2. The number of aromatic nitrogens is 3. The van der Waals surface area contributed by atoms with Crippen molar-refractivity contribution in [2.75, 3.05) is 0 Å². The lowest BCUT2D eigenvalue weighted by Gasteiger charge is -2.15. The van der Waals surface area contributed by atoms with Crippen LogP contribution >= 0.6 is 0 Å². The van der Waals surface area contributed by atoms with E-state index in [1.807, 2.05) is 26.2 Å². The van der Waals surface area contributed by atoms with E-state index in [0.717, 1.165) is 11.3 Å². The number of hydrogen-bond acceptors (Lipinski definition) is 6. The molecule has 0 amide bonds. The Morgan fingerprint density at radius 1 is 1.16 bits per heavy atom. The van der Waals surface area contributed by atoms with Gasteiger partial charge >= 0.3 is 6.36 Å². The van der Waals surface area contributed by atoms with E-state index in [1.165, 1.54) is 12.1 Å². The summed E-state index contributed by atoms with van der Waals surface area (Å²) in [5.74, 6) is 0.596. The number of nitrogens with zero attached hydrogens (tertiary/aromatic N) is 3. The minimum atomic E-state index is -4.74.